The summed E-state index contributed by atoms with van der Waals surface area (Å²) in [5.74, 6) is 1.37. The standard InChI is InChI=1S/C20H30NO4.HI/c1-21-9-5-4-8-19(21)15(7-6-10-21)14-25-20(22)16-11-17(23-2)13-18(12-16)24-3;/h11-13,15,19H,4-10,14H2,1-3H3;1H/q+1;/p-1/t15-,19+,21?;/m0./s1. The van der Waals surface area contributed by atoms with Crippen molar-refractivity contribution in [3.8, 4) is 11.5 Å². The van der Waals surface area contributed by atoms with Crippen LogP contribution in [-0.2, 0) is 4.74 Å². The van der Waals surface area contributed by atoms with Crippen LogP contribution < -0.4 is 33.5 Å². The van der Waals surface area contributed by atoms with E-state index in [0.717, 1.165) is 10.9 Å². The Morgan fingerprint density at radius 2 is 1.69 bits per heavy atom. The number of halogens is 1. The SMILES string of the molecule is COc1cc(OC)cc(C(=O)OC[C@@H]2CCC[N+]3(C)CCCC[C@H]23)c1.[I-]. The number of hydrogen-bond acceptors (Lipinski definition) is 4. The number of piperidine rings is 2. The molecule has 0 aromatic heterocycles. The van der Waals surface area contributed by atoms with Gasteiger partial charge >= 0.3 is 5.97 Å². The summed E-state index contributed by atoms with van der Waals surface area (Å²) < 4.78 is 17.3. The van der Waals surface area contributed by atoms with E-state index in [4.69, 9.17) is 14.2 Å². The number of fused-ring (bicyclic) bond motifs is 1. The Morgan fingerprint density at radius 3 is 2.35 bits per heavy atom. The number of rotatable bonds is 5. The van der Waals surface area contributed by atoms with Crippen molar-refractivity contribution in [2.75, 3.05) is 41.0 Å². The van der Waals surface area contributed by atoms with Crippen molar-refractivity contribution in [3.63, 3.8) is 0 Å². The average Bonchev–Trinajstić information content (AvgIpc) is 2.64. The van der Waals surface area contributed by atoms with E-state index in [1.165, 1.54) is 38.8 Å². The Hall–Kier alpha value is -1.02. The molecular weight excluding hydrogens is 445 g/mol. The second-order valence-electron chi connectivity index (χ2n) is 7.59. The van der Waals surface area contributed by atoms with E-state index in [9.17, 15) is 4.79 Å². The van der Waals surface area contributed by atoms with Gasteiger partial charge in [-0.1, -0.05) is 0 Å². The van der Waals surface area contributed by atoms with Gasteiger partial charge < -0.3 is 42.7 Å². The summed E-state index contributed by atoms with van der Waals surface area (Å²) in [6, 6.07) is 5.79. The van der Waals surface area contributed by atoms with Gasteiger partial charge in [0, 0.05) is 18.4 Å². The maximum atomic E-state index is 12.5. The first-order valence-corrected chi connectivity index (χ1v) is 9.30. The predicted octanol–water partition coefficient (Wildman–Crippen LogP) is 0.274. The molecule has 3 rings (SSSR count). The minimum absolute atomic E-state index is 0. The van der Waals surface area contributed by atoms with Gasteiger partial charge in [0.2, 0.25) is 0 Å². The quantitative estimate of drug-likeness (QED) is 0.349. The number of methoxy groups -OCH3 is 2. The predicted molar refractivity (Wildman–Crippen MR) is 96.1 cm³/mol. The van der Waals surface area contributed by atoms with Gasteiger partial charge in [-0.05, 0) is 37.8 Å². The van der Waals surface area contributed by atoms with Gasteiger partial charge in [-0.15, -0.1) is 0 Å². The molecule has 0 aliphatic carbocycles. The number of ether oxygens (including phenoxy) is 3. The lowest BCUT2D eigenvalue weighted by Gasteiger charge is -2.51. The Kier molecular flexibility index (Phi) is 7.58. The molecule has 1 aromatic rings. The average molecular weight is 475 g/mol. The first kappa shape index (κ1) is 21.3. The largest absolute Gasteiger partial charge is 1.00 e. The molecule has 0 bridgehead atoms. The second kappa shape index (κ2) is 9.26. The third kappa shape index (κ3) is 4.63. The zero-order valence-corrected chi connectivity index (χ0v) is 18.2. The molecule has 146 valence electrons. The van der Waals surface area contributed by atoms with Crippen LogP contribution in [-0.4, -0.2) is 57.5 Å². The molecular formula is C20H30INO4. The molecule has 5 nitrogen and oxygen atoms in total. The highest BCUT2D eigenvalue weighted by Crippen LogP contribution is 2.36. The molecule has 26 heavy (non-hydrogen) atoms. The highest BCUT2D eigenvalue weighted by atomic mass is 127. The number of quaternary nitrogens is 1. The van der Waals surface area contributed by atoms with Crippen LogP contribution in [0.25, 0.3) is 0 Å². The molecule has 1 unspecified atom stereocenters. The lowest BCUT2D eigenvalue weighted by molar-refractivity contribution is -0.947. The van der Waals surface area contributed by atoms with Crippen LogP contribution in [0.15, 0.2) is 18.2 Å². The molecule has 0 N–H and O–H groups in total. The van der Waals surface area contributed by atoms with Crippen LogP contribution in [0.1, 0.15) is 42.5 Å². The van der Waals surface area contributed by atoms with Crippen molar-refractivity contribution >= 4 is 5.97 Å². The maximum absolute atomic E-state index is 12.5. The fraction of sp³-hybridized carbons (Fsp3) is 0.650. The maximum Gasteiger partial charge on any atom is 0.338 e. The normalized spacial score (nSPS) is 27.7. The molecule has 0 saturated carbocycles. The molecule has 0 spiro atoms. The Balaban J connectivity index is 0.00000243. The van der Waals surface area contributed by atoms with Crippen molar-refractivity contribution in [2.24, 2.45) is 5.92 Å². The van der Waals surface area contributed by atoms with Gasteiger partial charge in [0.05, 0.1) is 46.0 Å². The molecule has 2 heterocycles. The lowest BCUT2D eigenvalue weighted by atomic mass is 9.82. The zero-order valence-electron chi connectivity index (χ0n) is 16.0. The summed E-state index contributed by atoms with van der Waals surface area (Å²) in [6.07, 6.45) is 6.26. The van der Waals surface area contributed by atoms with Crippen LogP contribution in [0.5, 0.6) is 11.5 Å². The van der Waals surface area contributed by atoms with E-state index in [0.29, 0.717) is 35.6 Å². The van der Waals surface area contributed by atoms with E-state index in [2.05, 4.69) is 7.05 Å². The smallest absolute Gasteiger partial charge is 0.338 e. The monoisotopic (exact) mass is 475 g/mol. The van der Waals surface area contributed by atoms with Crippen LogP contribution in [0, 0.1) is 5.92 Å². The van der Waals surface area contributed by atoms with Crippen LogP contribution in [0.3, 0.4) is 0 Å². The van der Waals surface area contributed by atoms with Crippen LogP contribution in [0.2, 0.25) is 0 Å². The number of hydrogen-bond donors (Lipinski definition) is 0. The molecule has 1 aromatic carbocycles. The zero-order chi connectivity index (χ0) is 17.9. The number of esters is 1. The summed E-state index contributed by atoms with van der Waals surface area (Å²) in [4.78, 5) is 12.5. The van der Waals surface area contributed by atoms with Crippen molar-refractivity contribution in [1.29, 1.82) is 0 Å². The summed E-state index contributed by atoms with van der Waals surface area (Å²) in [5.41, 5.74) is 0.480. The van der Waals surface area contributed by atoms with Gasteiger partial charge in [0.25, 0.3) is 0 Å². The Labute approximate surface area is 173 Å². The highest BCUT2D eigenvalue weighted by molar-refractivity contribution is 5.90. The Morgan fingerprint density at radius 1 is 1.04 bits per heavy atom. The van der Waals surface area contributed by atoms with Crippen molar-refractivity contribution in [3.05, 3.63) is 23.8 Å². The van der Waals surface area contributed by atoms with Crippen LogP contribution >= 0.6 is 0 Å². The third-order valence-corrected chi connectivity index (χ3v) is 6.02. The lowest BCUT2D eigenvalue weighted by Crippen LogP contribution is -3.00. The number of nitrogens with zero attached hydrogens (tertiary/aromatic N) is 1. The van der Waals surface area contributed by atoms with E-state index in [1.807, 2.05) is 0 Å². The van der Waals surface area contributed by atoms with Crippen LogP contribution in [0.4, 0.5) is 0 Å². The summed E-state index contributed by atoms with van der Waals surface area (Å²) in [7, 11) is 5.53. The van der Waals surface area contributed by atoms with Gasteiger partial charge in [-0.3, -0.25) is 0 Å². The molecule has 6 heteroatoms. The molecule has 0 amide bonds. The molecule has 2 fully saturated rings. The van der Waals surface area contributed by atoms with Crippen molar-refractivity contribution < 1.29 is 47.5 Å². The van der Waals surface area contributed by atoms with Gasteiger partial charge in [0.1, 0.15) is 18.1 Å². The fourth-order valence-corrected chi connectivity index (χ4v) is 4.62. The van der Waals surface area contributed by atoms with E-state index < -0.39 is 0 Å². The second-order valence-corrected chi connectivity index (χ2v) is 7.59. The minimum Gasteiger partial charge on any atom is -1.00 e. The molecule has 2 aliphatic heterocycles. The molecule has 2 saturated heterocycles. The first-order chi connectivity index (χ1) is 12.1. The molecule has 0 radical (unpaired) electrons. The van der Waals surface area contributed by atoms with Crippen molar-refractivity contribution in [1.82, 2.24) is 0 Å². The first-order valence-electron chi connectivity index (χ1n) is 9.30. The van der Waals surface area contributed by atoms with Gasteiger partial charge in [-0.2, -0.15) is 0 Å². The third-order valence-electron chi connectivity index (χ3n) is 6.02. The van der Waals surface area contributed by atoms with E-state index in [1.54, 1.807) is 32.4 Å². The summed E-state index contributed by atoms with van der Waals surface area (Å²) in [5, 5.41) is 0. The summed E-state index contributed by atoms with van der Waals surface area (Å²) in [6.45, 7) is 3.04. The van der Waals surface area contributed by atoms with Gasteiger partial charge in [0.15, 0.2) is 0 Å². The number of benzene rings is 1. The topological polar surface area (TPSA) is 44.8 Å². The highest BCUT2D eigenvalue weighted by Gasteiger charge is 2.43. The Bertz CT molecular complexity index is 598. The van der Waals surface area contributed by atoms with E-state index >= 15 is 0 Å². The number of carbonyl (C=O) groups is 1. The molecule has 3 atom stereocenters. The van der Waals surface area contributed by atoms with E-state index in [-0.39, 0.29) is 29.9 Å². The fourth-order valence-electron chi connectivity index (χ4n) is 4.62. The number of carbonyl (C=O) groups excluding carboxylic acids is 1. The molecule has 2 aliphatic rings. The minimum atomic E-state index is -0.298. The van der Waals surface area contributed by atoms with Gasteiger partial charge in [-0.25, -0.2) is 4.79 Å². The summed E-state index contributed by atoms with van der Waals surface area (Å²) >= 11 is 0. The van der Waals surface area contributed by atoms with Crippen molar-refractivity contribution in [2.45, 2.75) is 38.1 Å².